The maximum atomic E-state index is 13.7. The number of carbonyl (C=O) groups excluding carboxylic acids is 1. The van der Waals surface area contributed by atoms with E-state index in [4.69, 9.17) is 9.26 Å². The molecule has 1 aromatic carbocycles. The highest BCUT2D eigenvalue weighted by Gasteiger charge is 2.10. The van der Waals surface area contributed by atoms with Crippen LogP contribution in [0.5, 0.6) is 5.75 Å². The lowest BCUT2D eigenvalue weighted by Crippen LogP contribution is -2.00. The summed E-state index contributed by atoms with van der Waals surface area (Å²) in [6, 6.07) is 4.07. The van der Waals surface area contributed by atoms with E-state index in [1.807, 2.05) is 6.92 Å². The third-order valence-electron chi connectivity index (χ3n) is 2.67. The minimum atomic E-state index is -0.592. The van der Waals surface area contributed by atoms with Gasteiger partial charge in [0.15, 0.2) is 29.8 Å². The SMILES string of the molecule is CCCc1noc(COc2ccc(C(C)=O)cc2F)n1. The molecule has 0 aliphatic heterocycles. The molecule has 0 N–H and O–H groups in total. The first-order valence-electron chi connectivity index (χ1n) is 6.35. The molecular weight excluding hydrogens is 263 g/mol. The summed E-state index contributed by atoms with van der Waals surface area (Å²) in [5.41, 5.74) is 0.304. The molecule has 20 heavy (non-hydrogen) atoms. The van der Waals surface area contributed by atoms with E-state index >= 15 is 0 Å². The Hall–Kier alpha value is -2.24. The fraction of sp³-hybridized carbons (Fsp3) is 0.357. The molecule has 0 unspecified atom stereocenters. The molecule has 6 heteroatoms. The van der Waals surface area contributed by atoms with Crippen LogP contribution in [0.3, 0.4) is 0 Å². The van der Waals surface area contributed by atoms with Crippen LogP contribution in [-0.2, 0) is 13.0 Å². The van der Waals surface area contributed by atoms with Crippen LogP contribution in [0.25, 0.3) is 0 Å². The van der Waals surface area contributed by atoms with Gasteiger partial charge >= 0.3 is 0 Å². The van der Waals surface area contributed by atoms with Gasteiger partial charge < -0.3 is 9.26 Å². The van der Waals surface area contributed by atoms with E-state index in [0.29, 0.717) is 17.3 Å². The van der Waals surface area contributed by atoms with Crippen molar-refractivity contribution in [1.29, 1.82) is 0 Å². The zero-order valence-corrected chi connectivity index (χ0v) is 11.4. The molecule has 0 saturated heterocycles. The molecular formula is C14H15FN2O3. The van der Waals surface area contributed by atoms with E-state index in [0.717, 1.165) is 18.9 Å². The molecule has 2 aromatic rings. The summed E-state index contributed by atoms with van der Waals surface area (Å²) < 4.78 is 23.9. The van der Waals surface area contributed by atoms with Gasteiger partial charge in [0, 0.05) is 12.0 Å². The standard InChI is InChI=1S/C14H15FN2O3/c1-3-4-13-16-14(20-17-13)8-19-12-6-5-10(9(2)18)7-11(12)15/h5-7H,3-4,8H2,1-2H3. The van der Waals surface area contributed by atoms with E-state index in [1.165, 1.54) is 19.1 Å². The number of hydrogen-bond donors (Lipinski definition) is 0. The predicted octanol–water partition coefficient (Wildman–Crippen LogP) is 2.94. The summed E-state index contributed by atoms with van der Waals surface area (Å²) in [6.07, 6.45) is 1.64. The molecule has 0 bridgehead atoms. The Morgan fingerprint density at radius 2 is 2.25 bits per heavy atom. The fourth-order valence-electron chi connectivity index (χ4n) is 1.65. The van der Waals surface area contributed by atoms with Crippen LogP contribution in [0.15, 0.2) is 22.7 Å². The smallest absolute Gasteiger partial charge is 0.264 e. The number of ketones is 1. The zero-order chi connectivity index (χ0) is 14.5. The average Bonchev–Trinajstić information content (AvgIpc) is 2.85. The van der Waals surface area contributed by atoms with Crippen molar-refractivity contribution in [3.8, 4) is 5.75 Å². The highest BCUT2D eigenvalue weighted by Crippen LogP contribution is 2.19. The number of rotatable bonds is 6. The van der Waals surface area contributed by atoms with Crippen LogP contribution in [0.1, 0.15) is 42.3 Å². The molecule has 0 aliphatic carbocycles. The lowest BCUT2D eigenvalue weighted by atomic mass is 10.1. The Morgan fingerprint density at radius 1 is 1.45 bits per heavy atom. The molecule has 2 rings (SSSR count). The summed E-state index contributed by atoms with van der Waals surface area (Å²) in [6.45, 7) is 3.38. The molecule has 0 amide bonds. The lowest BCUT2D eigenvalue weighted by molar-refractivity contribution is 0.101. The third kappa shape index (κ3) is 3.40. The molecule has 0 fully saturated rings. The van der Waals surface area contributed by atoms with Crippen molar-refractivity contribution in [2.45, 2.75) is 33.3 Å². The van der Waals surface area contributed by atoms with E-state index in [1.54, 1.807) is 0 Å². The van der Waals surface area contributed by atoms with Crippen molar-refractivity contribution >= 4 is 5.78 Å². The van der Waals surface area contributed by atoms with Gasteiger partial charge in [0.1, 0.15) is 0 Å². The minimum Gasteiger partial charge on any atom is -0.481 e. The van der Waals surface area contributed by atoms with E-state index in [9.17, 15) is 9.18 Å². The quantitative estimate of drug-likeness (QED) is 0.760. The predicted molar refractivity (Wildman–Crippen MR) is 69.0 cm³/mol. The van der Waals surface area contributed by atoms with Crippen molar-refractivity contribution in [3.63, 3.8) is 0 Å². The Kier molecular flexibility index (Phi) is 4.45. The van der Waals surface area contributed by atoms with Gasteiger partial charge in [-0.05, 0) is 31.5 Å². The number of Topliss-reactive ketones (excluding diaryl/α,β-unsaturated/α-hetero) is 1. The van der Waals surface area contributed by atoms with Gasteiger partial charge in [-0.25, -0.2) is 4.39 Å². The number of hydrogen-bond acceptors (Lipinski definition) is 5. The molecule has 0 saturated carbocycles. The Labute approximate surface area is 115 Å². The molecule has 0 spiro atoms. The van der Waals surface area contributed by atoms with Crippen LogP contribution in [0.4, 0.5) is 4.39 Å². The summed E-state index contributed by atoms with van der Waals surface area (Å²) in [7, 11) is 0. The first kappa shape index (κ1) is 14.2. The average molecular weight is 278 g/mol. The van der Waals surface area contributed by atoms with Crippen molar-refractivity contribution in [2.24, 2.45) is 0 Å². The molecule has 106 valence electrons. The number of ether oxygens (including phenoxy) is 1. The maximum Gasteiger partial charge on any atom is 0.264 e. The van der Waals surface area contributed by atoms with E-state index in [-0.39, 0.29) is 18.1 Å². The van der Waals surface area contributed by atoms with Gasteiger partial charge in [0.25, 0.3) is 5.89 Å². The second-order valence-corrected chi connectivity index (χ2v) is 4.34. The second-order valence-electron chi connectivity index (χ2n) is 4.34. The number of nitrogens with zero attached hydrogens (tertiary/aromatic N) is 2. The summed E-state index contributed by atoms with van der Waals surface area (Å²) in [5, 5.41) is 3.77. The topological polar surface area (TPSA) is 65.2 Å². The van der Waals surface area contributed by atoms with Gasteiger partial charge in [-0.2, -0.15) is 4.98 Å². The highest BCUT2D eigenvalue weighted by molar-refractivity contribution is 5.94. The van der Waals surface area contributed by atoms with Crippen LogP contribution < -0.4 is 4.74 Å². The number of aromatic nitrogens is 2. The number of halogens is 1. The second kappa shape index (κ2) is 6.27. The Morgan fingerprint density at radius 3 is 2.90 bits per heavy atom. The zero-order valence-electron chi connectivity index (χ0n) is 11.4. The largest absolute Gasteiger partial charge is 0.481 e. The molecule has 1 aromatic heterocycles. The number of benzene rings is 1. The summed E-state index contributed by atoms with van der Waals surface area (Å²) in [4.78, 5) is 15.2. The first-order valence-corrected chi connectivity index (χ1v) is 6.35. The van der Waals surface area contributed by atoms with Crippen molar-refractivity contribution < 1.29 is 18.4 Å². The van der Waals surface area contributed by atoms with Gasteiger partial charge in [-0.1, -0.05) is 12.1 Å². The summed E-state index contributed by atoms with van der Waals surface area (Å²) >= 11 is 0. The van der Waals surface area contributed by atoms with Gasteiger partial charge in [0.2, 0.25) is 0 Å². The summed E-state index contributed by atoms with van der Waals surface area (Å²) in [5.74, 6) is 0.162. The molecule has 0 radical (unpaired) electrons. The Bertz CT molecular complexity index is 610. The number of aryl methyl sites for hydroxylation is 1. The van der Waals surface area contributed by atoms with E-state index in [2.05, 4.69) is 10.1 Å². The molecule has 0 aliphatic rings. The van der Waals surface area contributed by atoms with Gasteiger partial charge in [0.05, 0.1) is 0 Å². The van der Waals surface area contributed by atoms with Crippen molar-refractivity contribution in [2.75, 3.05) is 0 Å². The molecule has 0 atom stereocenters. The fourth-order valence-corrected chi connectivity index (χ4v) is 1.65. The molecule has 1 heterocycles. The number of carbonyl (C=O) groups is 1. The third-order valence-corrected chi connectivity index (χ3v) is 2.67. The van der Waals surface area contributed by atoms with Gasteiger partial charge in [-0.3, -0.25) is 4.79 Å². The first-order chi connectivity index (χ1) is 9.60. The van der Waals surface area contributed by atoms with Crippen molar-refractivity contribution in [3.05, 3.63) is 41.3 Å². The monoisotopic (exact) mass is 278 g/mol. The van der Waals surface area contributed by atoms with Crippen LogP contribution >= 0.6 is 0 Å². The van der Waals surface area contributed by atoms with Gasteiger partial charge in [-0.15, -0.1) is 0 Å². The normalized spacial score (nSPS) is 10.6. The highest BCUT2D eigenvalue weighted by atomic mass is 19.1. The van der Waals surface area contributed by atoms with Crippen LogP contribution in [0.2, 0.25) is 0 Å². The maximum absolute atomic E-state index is 13.7. The lowest BCUT2D eigenvalue weighted by Gasteiger charge is -2.05. The van der Waals surface area contributed by atoms with Crippen molar-refractivity contribution in [1.82, 2.24) is 10.1 Å². The Balaban J connectivity index is 2.01. The molecule has 5 nitrogen and oxygen atoms in total. The minimum absolute atomic E-state index is 0.00689. The van der Waals surface area contributed by atoms with E-state index < -0.39 is 5.82 Å². The van der Waals surface area contributed by atoms with Crippen LogP contribution in [0, 0.1) is 5.82 Å². The van der Waals surface area contributed by atoms with Crippen LogP contribution in [-0.4, -0.2) is 15.9 Å².